The Morgan fingerprint density at radius 1 is 0.867 bits per heavy atom. The number of aryl methyl sites for hydroxylation is 3. The molecule has 8 heteroatoms. The second-order valence-corrected chi connectivity index (χ2v) is 9.42. The molecule has 0 aromatic heterocycles. The number of amides is 1. The molecule has 0 heterocycles. The summed E-state index contributed by atoms with van der Waals surface area (Å²) in [6, 6.07) is 14.8. The van der Waals surface area contributed by atoms with E-state index in [2.05, 4.69) is 10.0 Å². The molecule has 1 amide bonds. The van der Waals surface area contributed by atoms with Crippen LogP contribution in [0.4, 0.5) is 11.4 Å². The van der Waals surface area contributed by atoms with Crippen molar-refractivity contribution in [3.8, 4) is 0 Å². The fraction of sp³-hybridized carbons (Fsp3) is 0.136. The van der Waals surface area contributed by atoms with Gasteiger partial charge in [-0.2, -0.15) is 0 Å². The third-order valence-electron chi connectivity index (χ3n) is 4.58. The van der Waals surface area contributed by atoms with Crippen LogP contribution in [0.3, 0.4) is 0 Å². The van der Waals surface area contributed by atoms with Crippen molar-refractivity contribution in [2.45, 2.75) is 25.7 Å². The molecule has 0 bridgehead atoms. The number of hydrogen-bond acceptors (Lipinski definition) is 3. The Bertz CT molecular complexity index is 1220. The van der Waals surface area contributed by atoms with Gasteiger partial charge in [0.1, 0.15) is 0 Å². The molecule has 0 aliphatic heterocycles. The summed E-state index contributed by atoms with van der Waals surface area (Å²) in [5, 5.41) is 3.21. The molecule has 3 rings (SSSR count). The summed E-state index contributed by atoms with van der Waals surface area (Å²) < 4.78 is 28.7. The molecule has 0 aliphatic rings. The van der Waals surface area contributed by atoms with Crippen LogP contribution in [-0.4, -0.2) is 14.3 Å². The first-order chi connectivity index (χ1) is 14.1. The summed E-state index contributed by atoms with van der Waals surface area (Å²) in [4.78, 5) is 12.7. The van der Waals surface area contributed by atoms with E-state index in [0.717, 1.165) is 11.1 Å². The third-order valence-corrected chi connectivity index (χ3v) is 6.72. The Balaban J connectivity index is 1.94. The van der Waals surface area contributed by atoms with Gasteiger partial charge in [0.05, 0.1) is 26.3 Å². The van der Waals surface area contributed by atoms with Gasteiger partial charge >= 0.3 is 0 Å². The molecule has 5 nitrogen and oxygen atoms in total. The Morgan fingerprint density at radius 2 is 1.50 bits per heavy atom. The number of benzene rings is 3. The predicted octanol–water partition coefficient (Wildman–Crippen LogP) is 5.97. The second-order valence-electron chi connectivity index (χ2n) is 6.95. The van der Waals surface area contributed by atoms with Crippen molar-refractivity contribution in [2.75, 3.05) is 10.0 Å². The normalized spacial score (nSPS) is 11.2. The van der Waals surface area contributed by atoms with E-state index in [-0.39, 0.29) is 26.2 Å². The smallest absolute Gasteiger partial charge is 0.262 e. The van der Waals surface area contributed by atoms with Crippen LogP contribution >= 0.6 is 23.2 Å². The average Bonchev–Trinajstić information content (AvgIpc) is 2.67. The summed E-state index contributed by atoms with van der Waals surface area (Å²) in [6.07, 6.45) is 0. The Morgan fingerprint density at radius 3 is 2.17 bits per heavy atom. The van der Waals surface area contributed by atoms with E-state index in [1.54, 1.807) is 43.3 Å². The first kappa shape index (κ1) is 22.2. The molecule has 0 radical (unpaired) electrons. The van der Waals surface area contributed by atoms with Crippen molar-refractivity contribution in [2.24, 2.45) is 0 Å². The van der Waals surface area contributed by atoms with Gasteiger partial charge in [-0.05, 0) is 67.8 Å². The maximum absolute atomic E-state index is 13.0. The lowest BCUT2D eigenvalue weighted by atomic mass is 10.1. The molecule has 3 aromatic rings. The second kappa shape index (κ2) is 8.68. The van der Waals surface area contributed by atoms with Crippen LogP contribution in [0.15, 0.2) is 59.5 Å². The van der Waals surface area contributed by atoms with Crippen molar-refractivity contribution in [1.82, 2.24) is 0 Å². The number of para-hydroxylation sites is 1. The van der Waals surface area contributed by atoms with Gasteiger partial charge in [-0.3, -0.25) is 9.52 Å². The highest BCUT2D eigenvalue weighted by molar-refractivity contribution is 7.92. The van der Waals surface area contributed by atoms with Gasteiger partial charge in [-0.15, -0.1) is 0 Å². The first-order valence-corrected chi connectivity index (χ1v) is 11.3. The number of anilines is 2. The van der Waals surface area contributed by atoms with Crippen LogP contribution in [0.5, 0.6) is 0 Å². The summed E-state index contributed by atoms with van der Waals surface area (Å²) in [5.41, 5.74) is 3.17. The third kappa shape index (κ3) is 4.78. The fourth-order valence-corrected chi connectivity index (χ4v) is 4.76. The summed E-state index contributed by atoms with van der Waals surface area (Å²) in [5.74, 6) is -0.520. The standard InChI is InChI=1S/C22H20Cl2N2O3S/c1-13-7-8-14(2)19(11-13)26-30(28,29)20-12-16(10-9-15(20)3)22(27)25-21-17(23)5-4-6-18(21)24/h4-12,26H,1-3H3,(H,25,27). The van der Waals surface area contributed by atoms with Crippen molar-refractivity contribution < 1.29 is 13.2 Å². The lowest BCUT2D eigenvalue weighted by Crippen LogP contribution is -2.18. The Labute approximate surface area is 186 Å². The minimum absolute atomic E-state index is 0.0151. The summed E-state index contributed by atoms with van der Waals surface area (Å²) >= 11 is 12.2. The van der Waals surface area contributed by atoms with Crippen LogP contribution in [-0.2, 0) is 10.0 Å². The zero-order valence-electron chi connectivity index (χ0n) is 16.6. The number of carbonyl (C=O) groups excluding carboxylic acids is 1. The van der Waals surface area contributed by atoms with E-state index in [1.807, 2.05) is 26.0 Å². The largest absolute Gasteiger partial charge is 0.319 e. The minimum atomic E-state index is -3.91. The highest BCUT2D eigenvalue weighted by atomic mass is 35.5. The number of sulfonamides is 1. The van der Waals surface area contributed by atoms with Crippen molar-refractivity contribution in [3.05, 3.63) is 86.9 Å². The fourth-order valence-electron chi connectivity index (χ4n) is 2.88. The van der Waals surface area contributed by atoms with E-state index in [1.165, 1.54) is 6.07 Å². The highest BCUT2D eigenvalue weighted by Gasteiger charge is 2.21. The maximum atomic E-state index is 13.0. The molecule has 30 heavy (non-hydrogen) atoms. The van der Waals surface area contributed by atoms with E-state index in [9.17, 15) is 13.2 Å². The monoisotopic (exact) mass is 462 g/mol. The van der Waals surface area contributed by atoms with Gasteiger partial charge in [0, 0.05) is 5.56 Å². The van der Waals surface area contributed by atoms with Crippen molar-refractivity contribution in [3.63, 3.8) is 0 Å². The maximum Gasteiger partial charge on any atom is 0.262 e. The number of carbonyl (C=O) groups is 1. The molecular weight excluding hydrogens is 443 g/mol. The van der Waals surface area contributed by atoms with Gasteiger partial charge in [0.15, 0.2) is 0 Å². The quantitative estimate of drug-likeness (QED) is 0.490. The van der Waals surface area contributed by atoms with Crippen LogP contribution < -0.4 is 10.0 Å². The molecule has 3 aromatic carbocycles. The first-order valence-electron chi connectivity index (χ1n) is 9.04. The molecule has 0 aliphatic carbocycles. The van der Waals surface area contributed by atoms with E-state index >= 15 is 0 Å². The minimum Gasteiger partial charge on any atom is -0.319 e. The zero-order valence-corrected chi connectivity index (χ0v) is 18.9. The molecule has 0 atom stereocenters. The SMILES string of the molecule is Cc1ccc(C)c(NS(=O)(=O)c2cc(C(=O)Nc3c(Cl)cccc3Cl)ccc2C)c1. The van der Waals surface area contributed by atoms with Crippen molar-refractivity contribution in [1.29, 1.82) is 0 Å². The summed E-state index contributed by atoms with van der Waals surface area (Å²) in [6.45, 7) is 5.37. The van der Waals surface area contributed by atoms with E-state index in [4.69, 9.17) is 23.2 Å². The highest BCUT2D eigenvalue weighted by Crippen LogP contribution is 2.30. The Kier molecular flexibility index (Phi) is 6.41. The van der Waals surface area contributed by atoms with E-state index < -0.39 is 15.9 Å². The molecule has 0 saturated carbocycles. The van der Waals surface area contributed by atoms with Crippen LogP contribution in [0.25, 0.3) is 0 Å². The molecule has 0 unspecified atom stereocenters. The molecule has 2 N–H and O–H groups in total. The zero-order chi connectivity index (χ0) is 22.1. The van der Waals surface area contributed by atoms with Gasteiger partial charge in [0.2, 0.25) is 0 Å². The number of halogens is 2. The van der Waals surface area contributed by atoms with Gasteiger partial charge < -0.3 is 5.32 Å². The van der Waals surface area contributed by atoms with E-state index in [0.29, 0.717) is 11.3 Å². The number of rotatable bonds is 5. The molecule has 0 spiro atoms. The molecular formula is C22H20Cl2N2O3S. The number of hydrogen-bond donors (Lipinski definition) is 2. The Hall–Kier alpha value is -2.54. The lowest BCUT2D eigenvalue weighted by Gasteiger charge is -2.14. The predicted molar refractivity (Wildman–Crippen MR) is 122 cm³/mol. The van der Waals surface area contributed by atoms with Gasteiger partial charge in [0.25, 0.3) is 15.9 Å². The van der Waals surface area contributed by atoms with Crippen LogP contribution in [0.2, 0.25) is 10.0 Å². The lowest BCUT2D eigenvalue weighted by molar-refractivity contribution is 0.102. The molecule has 156 valence electrons. The topological polar surface area (TPSA) is 75.3 Å². The number of nitrogens with one attached hydrogen (secondary N) is 2. The van der Waals surface area contributed by atoms with Gasteiger partial charge in [-0.25, -0.2) is 8.42 Å². The van der Waals surface area contributed by atoms with Crippen molar-refractivity contribution >= 4 is 50.5 Å². The molecule has 0 saturated heterocycles. The van der Waals surface area contributed by atoms with Gasteiger partial charge in [-0.1, -0.05) is 47.5 Å². The summed E-state index contributed by atoms with van der Waals surface area (Å²) in [7, 11) is -3.91. The molecule has 0 fully saturated rings. The average molecular weight is 463 g/mol. The van der Waals surface area contributed by atoms with Crippen LogP contribution in [0.1, 0.15) is 27.0 Å². The van der Waals surface area contributed by atoms with Crippen LogP contribution in [0, 0.1) is 20.8 Å².